The standard InChI is InChI=1S/C5H8.Mg/c1-3-5-4-2;/h3-5H,1H2,2H3;. The second-order valence-electron chi connectivity index (χ2n) is 0.761. The van der Waals surface area contributed by atoms with Gasteiger partial charge in [0.15, 0.2) is 0 Å². The van der Waals surface area contributed by atoms with Crippen LogP contribution < -0.4 is 0 Å². The Labute approximate surface area is 55.1 Å². The number of rotatable bonds is 1. The maximum absolute atomic E-state index is 3.46. The Morgan fingerprint density at radius 3 is 2.00 bits per heavy atom. The highest BCUT2D eigenvalue weighted by molar-refractivity contribution is 5.75. The normalized spacial score (nSPS) is 7.50. The lowest BCUT2D eigenvalue weighted by atomic mass is 10.5. The average Bonchev–Trinajstić information content (AvgIpc) is 1.41. The van der Waals surface area contributed by atoms with Crippen molar-refractivity contribution < 1.29 is 0 Å². The molecule has 30 valence electrons. The minimum atomic E-state index is 0. The van der Waals surface area contributed by atoms with Gasteiger partial charge in [-0.3, -0.25) is 0 Å². The van der Waals surface area contributed by atoms with Gasteiger partial charge in [-0.2, -0.15) is 0 Å². The minimum Gasteiger partial charge on any atom is -0.0991 e. The molecule has 0 atom stereocenters. The fourth-order valence-electron chi connectivity index (χ4n) is 0.136. The van der Waals surface area contributed by atoms with Gasteiger partial charge in [-0.25, -0.2) is 0 Å². The predicted molar refractivity (Wildman–Crippen MR) is 30.8 cm³/mol. The highest BCUT2D eigenvalue weighted by Crippen LogP contribution is 1.64. The zero-order valence-corrected chi connectivity index (χ0v) is 5.56. The summed E-state index contributed by atoms with van der Waals surface area (Å²) in [4.78, 5) is 0. The highest BCUT2D eigenvalue weighted by atomic mass is 24.3. The van der Waals surface area contributed by atoms with E-state index in [1.165, 1.54) is 0 Å². The topological polar surface area (TPSA) is 0 Å². The summed E-state index contributed by atoms with van der Waals surface area (Å²) in [6, 6.07) is 0. The number of allylic oxidation sites excluding steroid dienone is 3. The molecule has 2 radical (unpaired) electrons. The van der Waals surface area contributed by atoms with E-state index in [-0.39, 0.29) is 23.1 Å². The van der Waals surface area contributed by atoms with E-state index < -0.39 is 0 Å². The van der Waals surface area contributed by atoms with E-state index in [9.17, 15) is 0 Å². The molecule has 0 unspecified atom stereocenters. The Hall–Kier alpha value is 0.246. The summed E-state index contributed by atoms with van der Waals surface area (Å²) >= 11 is 0. The first-order valence-electron chi connectivity index (χ1n) is 1.65. The van der Waals surface area contributed by atoms with Crippen LogP contribution in [0.5, 0.6) is 0 Å². The average molecular weight is 92.4 g/mol. The summed E-state index contributed by atoms with van der Waals surface area (Å²) in [5.41, 5.74) is 0. The predicted octanol–water partition coefficient (Wildman–Crippen LogP) is 1.37. The molecule has 0 aromatic carbocycles. The van der Waals surface area contributed by atoms with Crippen molar-refractivity contribution in [1.29, 1.82) is 0 Å². The van der Waals surface area contributed by atoms with E-state index in [1.54, 1.807) is 6.08 Å². The lowest BCUT2D eigenvalue weighted by molar-refractivity contribution is 1.74. The van der Waals surface area contributed by atoms with E-state index in [2.05, 4.69) is 6.58 Å². The molecule has 0 bridgehead atoms. The first-order chi connectivity index (χ1) is 2.41. The quantitative estimate of drug-likeness (QED) is 0.338. The van der Waals surface area contributed by atoms with Gasteiger partial charge >= 0.3 is 0 Å². The Bertz CT molecular complexity index is 45.9. The lowest BCUT2D eigenvalue weighted by Gasteiger charge is -1.56. The lowest BCUT2D eigenvalue weighted by Crippen LogP contribution is -1.33. The first kappa shape index (κ1) is 9.53. The van der Waals surface area contributed by atoms with Gasteiger partial charge in [0, 0.05) is 23.1 Å². The van der Waals surface area contributed by atoms with E-state index in [0.29, 0.717) is 0 Å². The molecule has 0 rings (SSSR count). The molecule has 1 heteroatoms. The molecule has 0 aliphatic heterocycles. The molecule has 0 saturated carbocycles. The zero-order chi connectivity index (χ0) is 4.12. The van der Waals surface area contributed by atoms with Gasteiger partial charge in [0.25, 0.3) is 0 Å². The van der Waals surface area contributed by atoms with E-state index in [1.807, 2.05) is 19.1 Å². The molecular weight excluding hydrogens is 84.4 g/mol. The molecule has 0 heterocycles. The molecule has 0 aromatic heterocycles. The van der Waals surface area contributed by atoms with Gasteiger partial charge in [0.2, 0.25) is 0 Å². The minimum absolute atomic E-state index is 0. The van der Waals surface area contributed by atoms with Crippen molar-refractivity contribution >= 4 is 23.1 Å². The molecule has 0 nitrogen and oxygen atoms in total. The Kier molecular flexibility index (Phi) is 14.3. The van der Waals surface area contributed by atoms with Gasteiger partial charge in [0.1, 0.15) is 0 Å². The SMILES string of the molecule is C=CC=CC.[Mg]. The van der Waals surface area contributed by atoms with E-state index in [4.69, 9.17) is 0 Å². The smallest absolute Gasteiger partial charge is 0 e. The van der Waals surface area contributed by atoms with Crippen LogP contribution in [0.15, 0.2) is 24.8 Å². The van der Waals surface area contributed by atoms with Crippen LogP contribution in [0.3, 0.4) is 0 Å². The van der Waals surface area contributed by atoms with Crippen LogP contribution in [0.2, 0.25) is 0 Å². The van der Waals surface area contributed by atoms with Crippen LogP contribution in [0.4, 0.5) is 0 Å². The molecule has 0 amide bonds. The molecule has 0 N–H and O–H groups in total. The summed E-state index contributed by atoms with van der Waals surface area (Å²) in [6.45, 7) is 5.42. The Balaban J connectivity index is 0. The third-order valence-corrected chi connectivity index (χ3v) is 0.329. The number of hydrogen-bond acceptors (Lipinski definition) is 0. The van der Waals surface area contributed by atoms with E-state index >= 15 is 0 Å². The van der Waals surface area contributed by atoms with Crippen molar-refractivity contribution in [3.8, 4) is 0 Å². The van der Waals surface area contributed by atoms with Crippen molar-refractivity contribution in [2.24, 2.45) is 0 Å². The molecule has 0 saturated heterocycles. The van der Waals surface area contributed by atoms with Crippen LogP contribution in [0.1, 0.15) is 6.92 Å². The summed E-state index contributed by atoms with van der Waals surface area (Å²) in [5.74, 6) is 0. The summed E-state index contributed by atoms with van der Waals surface area (Å²) in [6.07, 6.45) is 5.58. The van der Waals surface area contributed by atoms with Crippen LogP contribution in [0.25, 0.3) is 0 Å². The van der Waals surface area contributed by atoms with Crippen molar-refractivity contribution in [1.82, 2.24) is 0 Å². The summed E-state index contributed by atoms with van der Waals surface area (Å²) in [5, 5.41) is 0. The Morgan fingerprint density at radius 2 is 2.00 bits per heavy atom. The van der Waals surface area contributed by atoms with Crippen molar-refractivity contribution in [3.63, 3.8) is 0 Å². The van der Waals surface area contributed by atoms with Gasteiger partial charge < -0.3 is 0 Å². The van der Waals surface area contributed by atoms with Gasteiger partial charge in [-0.05, 0) is 6.92 Å². The zero-order valence-electron chi connectivity index (χ0n) is 4.15. The van der Waals surface area contributed by atoms with Gasteiger partial charge in [0.05, 0.1) is 0 Å². The first-order valence-corrected chi connectivity index (χ1v) is 1.65. The molecule has 0 aromatic rings. The summed E-state index contributed by atoms with van der Waals surface area (Å²) < 4.78 is 0. The third-order valence-electron chi connectivity index (χ3n) is 0.329. The number of hydrogen-bond donors (Lipinski definition) is 0. The van der Waals surface area contributed by atoms with Crippen LogP contribution in [0, 0.1) is 0 Å². The fraction of sp³-hybridized carbons (Fsp3) is 0.200. The van der Waals surface area contributed by atoms with Crippen molar-refractivity contribution in [2.45, 2.75) is 6.92 Å². The molecule has 6 heavy (non-hydrogen) atoms. The fourth-order valence-corrected chi connectivity index (χ4v) is 0.136. The van der Waals surface area contributed by atoms with Crippen molar-refractivity contribution in [3.05, 3.63) is 24.8 Å². The highest BCUT2D eigenvalue weighted by Gasteiger charge is 1.42. The van der Waals surface area contributed by atoms with Crippen LogP contribution >= 0.6 is 0 Å². The van der Waals surface area contributed by atoms with Crippen LogP contribution in [-0.2, 0) is 0 Å². The molecule has 0 spiro atoms. The monoisotopic (exact) mass is 92.0 g/mol. The third kappa shape index (κ3) is 8.87. The molecule has 0 aliphatic rings. The van der Waals surface area contributed by atoms with Gasteiger partial charge in [-0.1, -0.05) is 24.8 Å². The largest absolute Gasteiger partial charge is 0.0991 e. The molecule has 0 fully saturated rings. The summed E-state index contributed by atoms with van der Waals surface area (Å²) in [7, 11) is 0. The van der Waals surface area contributed by atoms with Gasteiger partial charge in [-0.15, -0.1) is 0 Å². The maximum Gasteiger partial charge on any atom is 0 e. The van der Waals surface area contributed by atoms with Crippen molar-refractivity contribution in [2.75, 3.05) is 0 Å². The Morgan fingerprint density at radius 1 is 1.50 bits per heavy atom. The molecular formula is C5H8Mg. The van der Waals surface area contributed by atoms with E-state index in [0.717, 1.165) is 0 Å². The second kappa shape index (κ2) is 8.98. The van der Waals surface area contributed by atoms with Crippen LogP contribution in [-0.4, -0.2) is 23.1 Å². The maximum atomic E-state index is 3.46. The second-order valence-corrected chi connectivity index (χ2v) is 0.761. The molecule has 0 aliphatic carbocycles.